The quantitative estimate of drug-likeness (QED) is 0.353. The molecule has 0 saturated carbocycles. The normalized spacial score (nSPS) is 13.2. The van der Waals surface area contributed by atoms with Gasteiger partial charge in [-0.05, 0) is 73.2 Å². The number of carbonyl (C=O) groups is 1. The first-order valence-corrected chi connectivity index (χ1v) is 12.8. The van der Waals surface area contributed by atoms with Crippen LogP contribution >= 0.6 is 11.3 Å². The van der Waals surface area contributed by atoms with Crippen molar-refractivity contribution in [1.29, 1.82) is 0 Å². The number of benzene rings is 2. The Balaban J connectivity index is 1.26. The lowest BCUT2D eigenvalue weighted by Crippen LogP contribution is -2.34. The number of halogens is 1. The van der Waals surface area contributed by atoms with E-state index >= 15 is 0 Å². The molecule has 198 valence electrons. The molecule has 1 aliphatic rings. The van der Waals surface area contributed by atoms with E-state index in [9.17, 15) is 14.0 Å². The highest BCUT2D eigenvalue weighted by Crippen LogP contribution is 2.37. The standard InChI is InChI=1S/C27H27FN4O5S/c1-27(2,3)37-25(33)29-12-17(11-28)13-32-26(34)31(15-30-32)14-21-9-20-8-18(5-7-24(20)38-21)19-4-6-22-23(10-19)36-16-35-22/h4-11,15H,12-14,16H2,1-3H3,(H,29,33). The molecule has 3 heterocycles. The number of fused-ring (bicyclic) bond motifs is 2. The van der Waals surface area contributed by atoms with E-state index in [2.05, 4.69) is 34.7 Å². The summed E-state index contributed by atoms with van der Waals surface area (Å²) >= 11 is 1.59. The van der Waals surface area contributed by atoms with Crippen LogP contribution in [0, 0.1) is 0 Å². The van der Waals surface area contributed by atoms with Crippen molar-refractivity contribution >= 4 is 27.5 Å². The van der Waals surface area contributed by atoms with Gasteiger partial charge in [0.05, 0.1) is 19.4 Å². The molecule has 1 amide bonds. The summed E-state index contributed by atoms with van der Waals surface area (Å²) in [6, 6.07) is 14.1. The Kier molecular flexibility index (Phi) is 6.94. The molecule has 2 aromatic heterocycles. The van der Waals surface area contributed by atoms with Gasteiger partial charge in [0, 0.05) is 16.1 Å². The predicted molar refractivity (Wildman–Crippen MR) is 142 cm³/mol. The van der Waals surface area contributed by atoms with E-state index in [0.29, 0.717) is 12.9 Å². The molecule has 0 fully saturated rings. The van der Waals surface area contributed by atoms with Crippen molar-refractivity contribution in [1.82, 2.24) is 19.7 Å². The number of aromatic nitrogens is 3. The number of nitrogens with one attached hydrogen (secondary N) is 1. The summed E-state index contributed by atoms with van der Waals surface area (Å²) < 4.78 is 33.2. The molecule has 0 saturated heterocycles. The number of rotatable bonds is 7. The van der Waals surface area contributed by atoms with Crippen LogP contribution < -0.4 is 20.5 Å². The topological polar surface area (TPSA) is 96.6 Å². The number of hydrogen-bond acceptors (Lipinski definition) is 7. The number of hydrogen-bond donors (Lipinski definition) is 1. The first-order chi connectivity index (χ1) is 18.2. The maximum absolute atomic E-state index is 13.4. The number of ether oxygens (including phenoxy) is 3. The molecule has 4 aromatic rings. The minimum atomic E-state index is -0.667. The number of carbonyl (C=O) groups excluding carboxylic acids is 1. The summed E-state index contributed by atoms with van der Waals surface area (Å²) in [5, 5.41) is 7.68. The van der Waals surface area contributed by atoms with Gasteiger partial charge in [-0.25, -0.2) is 18.7 Å². The summed E-state index contributed by atoms with van der Waals surface area (Å²) in [5.74, 6) is 1.48. The van der Waals surface area contributed by atoms with Gasteiger partial charge in [-0.3, -0.25) is 4.57 Å². The Hall–Kier alpha value is -4.12. The zero-order chi connectivity index (χ0) is 26.9. The minimum absolute atomic E-state index is 0.0938. The number of amides is 1. The van der Waals surface area contributed by atoms with Crippen LogP contribution in [0.15, 0.2) is 65.5 Å². The number of nitrogens with zero attached hydrogens (tertiary/aromatic N) is 3. The molecule has 5 rings (SSSR count). The second kappa shape index (κ2) is 10.3. The third-order valence-corrected chi connectivity index (χ3v) is 6.86. The van der Waals surface area contributed by atoms with Crippen LogP contribution in [-0.2, 0) is 17.8 Å². The van der Waals surface area contributed by atoms with Gasteiger partial charge in [-0.2, -0.15) is 5.10 Å². The van der Waals surface area contributed by atoms with E-state index in [1.54, 1.807) is 32.1 Å². The lowest BCUT2D eigenvalue weighted by molar-refractivity contribution is 0.0532. The summed E-state index contributed by atoms with van der Waals surface area (Å²) in [7, 11) is 0. The molecule has 1 N–H and O–H groups in total. The molecule has 0 aliphatic carbocycles. The van der Waals surface area contributed by atoms with Crippen molar-refractivity contribution in [3.63, 3.8) is 0 Å². The fraction of sp³-hybridized carbons (Fsp3) is 0.296. The first-order valence-electron chi connectivity index (χ1n) is 12.0. The van der Waals surface area contributed by atoms with Gasteiger partial charge in [0.15, 0.2) is 11.5 Å². The monoisotopic (exact) mass is 538 g/mol. The van der Waals surface area contributed by atoms with Crippen molar-refractivity contribution in [3.05, 3.63) is 76.1 Å². The summed E-state index contributed by atoms with van der Waals surface area (Å²) in [6.07, 6.45) is 1.13. The number of alkyl carbamates (subject to hydrolysis) is 1. The van der Waals surface area contributed by atoms with Gasteiger partial charge in [0.25, 0.3) is 0 Å². The van der Waals surface area contributed by atoms with E-state index < -0.39 is 11.7 Å². The van der Waals surface area contributed by atoms with Gasteiger partial charge >= 0.3 is 11.8 Å². The summed E-state index contributed by atoms with van der Waals surface area (Å²) in [4.78, 5) is 25.7. The molecule has 0 atom stereocenters. The third kappa shape index (κ3) is 5.72. The Morgan fingerprint density at radius 1 is 1.16 bits per heavy atom. The van der Waals surface area contributed by atoms with Crippen LogP contribution in [-0.4, -0.2) is 39.4 Å². The van der Waals surface area contributed by atoms with E-state index in [1.165, 1.54) is 10.9 Å². The Morgan fingerprint density at radius 3 is 2.71 bits per heavy atom. The predicted octanol–water partition coefficient (Wildman–Crippen LogP) is 5.08. The molecular weight excluding hydrogens is 511 g/mol. The average Bonchev–Trinajstić information content (AvgIpc) is 3.59. The minimum Gasteiger partial charge on any atom is -0.454 e. The molecule has 0 radical (unpaired) electrons. The molecule has 11 heteroatoms. The fourth-order valence-electron chi connectivity index (χ4n) is 4.01. The maximum atomic E-state index is 13.4. The average molecular weight is 539 g/mol. The first kappa shape index (κ1) is 25.5. The van der Waals surface area contributed by atoms with Crippen LogP contribution in [0.25, 0.3) is 21.2 Å². The highest BCUT2D eigenvalue weighted by molar-refractivity contribution is 7.19. The molecule has 9 nitrogen and oxygen atoms in total. The zero-order valence-corrected chi connectivity index (χ0v) is 22.0. The van der Waals surface area contributed by atoms with Gasteiger partial charge < -0.3 is 19.5 Å². The van der Waals surface area contributed by atoms with E-state index in [1.807, 2.05) is 18.2 Å². The molecule has 2 aromatic carbocycles. The van der Waals surface area contributed by atoms with Crippen molar-refractivity contribution in [2.45, 2.75) is 39.5 Å². The van der Waals surface area contributed by atoms with E-state index in [4.69, 9.17) is 14.2 Å². The lowest BCUT2D eigenvalue weighted by Gasteiger charge is -2.19. The van der Waals surface area contributed by atoms with Gasteiger partial charge in [-0.15, -0.1) is 11.3 Å². The highest BCUT2D eigenvalue weighted by Gasteiger charge is 2.17. The second-order valence-corrected chi connectivity index (χ2v) is 11.0. The highest BCUT2D eigenvalue weighted by atomic mass is 32.1. The SMILES string of the molecule is CC(C)(C)OC(=O)NCC(=CF)Cn1ncn(Cc2cc3cc(-c4ccc5c(c4)OCO5)ccc3s2)c1=O. The van der Waals surface area contributed by atoms with Gasteiger partial charge in [0.2, 0.25) is 6.79 Å². The van der Waals surface area contributed by atoms with Crippen molar-refractivity contribution in [3.8, 4) is 22.6 Å². The van der Waals surface area contributed by atoms with Crippen molar-refractivity contribution < 1.29 is 23.4 Å². The Morgan fingerprint density at radius 2 is 1.92 bits per heavy atom. The third-order valence-electron chi connectivity index (χ3n) is 5.76. The smallest absolute Gasteiger partial charge is 0.407 e. The summed E-state index contributed by atoms with van der Waals surface area (Å²) in [6.45, 7) is 5.58. The zero-order valence-electron chi connectivity index (χ0n) is 21.2. The Labute approximate surface area is 222 Å². The molecule has 1 aliphatic heterocycles. The van der Waals surface area contributed by atoms with Crippen LogP contribution in [0.3, 0.4) is 0 Å². The fourth-order valence-corrected chi connectivity index (χ4v) is 5.05. The molecule has 38 heavy (non-hydrogen) atoms. The largest absolute Gasteiger partial charge is 0.454 e. The van der Waals surface area contributed by atoms with Gasteiger partial charge in [0.1, 0.15) is 11.9 Å². The van der Waals surface area contributed by atoms with Gasteiger partial charge in [-0.1, -0.05) is 12.1 Å². The maximum Gasteiger partial charge on any atom is 0.407 e. The van der Waals surface area contributed by atoms with Crippen molar-refractivity contribution in [2.24, 2.45) is 0 Å². The van der Waals surface area contributed by atoms with Crippen molar-refractivity contribution in [2.75, 3.05) is 13.3 Å². The summed E-state index contributed by atoms with van der Waals surface area (Å²) in [5.41, 5.74) is 1.22. The number of thiophene rings is 1. The molecular formula is C27H27FN4O5S. The van der Waals surface area contributed by atoms with Crippen LogP contribution in [0.5, 0.6) is 11.5 Å². The molecule has 0 bridgehead atoms. The lowest BCUT2D eigenvalue weighted by atomic mass is 10.0. The van der Waals surface area contributed by atoms with Crippen LogP contribution in [0.1, 0.15) is 25.6 Å². The molecule has 0 unspecified atom stereocenters. The van der Waals surface area contributed by atoms with Crippen LogP contribution in [0.4, 0.5) is 9.18 Å². The van der Waals surface area contributed by atoms with E-state index in [-0.39, 0.29) is 31.1 Å². The second-order valence-electron chi connectivity index (χ2n) is 9.86. The Bertz CT molecular complexity index is 1580. The van der Waals surface area contributed by atoms with E-state index in [0.717, 1.165) is 42.3 Å². The van der Waals surface area contributed by atoms with Crippen LogP contribution in [0.2, 0.25) is 0 Å². The molecule has 0 spiro atoms.